The maximum Gasteiger partial charge on any atom is 0.225 e. The van der Waals surface area contributed by atoms with Gasteiger partial charge in [0.05, 0.1) is 13.2 Å². The van der Waals surface area contributed by atoms with E-state index in [9.17, 15) is 9.59 Å². The number of amides is 1. The minimum Gasteiger partial charge on any atom is -0.494 e. The Morgan fingerprint density at radius 1 is 0.919 bits per heavy atom. The minimum atomic E-state index is -0.105. The number of anilines is 2. The van der Waals surface area contributed by atoms with Crippen molar-refractivity contribution in [2.24, 2.45) is 0 Å². The molecule has 0 spiro atoms. The van der Waals surface area contributed by atoms with E-state index < -0.39 is 0 Å². The number of nitrogens with zero attached hydrogens (tertiary/aromatic N) is 3. The third-order valence-corrected chi connectivity index (χ3v) is 6.40. The Bertz CT molecular complexity index is 1320. The second kappa shape index (κ2) is 12.7. The molecule has 190 valence electrons. The van der Waals surface area contributed by atoms with E-state index >= 15 is 0 Å². The third-order valence-electron chi connectivity index (χ3n) is 5.47. The van der Waals surface area contributed by atoms with Crippen LogP contribution in [0.3, 0.4) is 0 Å². The van der Waals surface area contributed by atoms with Gasteiger partial charge in [-0.05, 0) is 74.5 Å². The van der Waals surface area contributed by atoms with Crippen molar-refractivity contribution >= 4 is 34.8 Å². The molecule has 1 aromatic heterocycles. The van der Waals surface area contributed by atoms with Gasteiger partial charge in [-0.2, -0.15) is 0 Å². The number of ketones is 1. The largest absolute Gasteiger partial charge is 0.494 e. The maximum absolute atomic E-state index is 12.5. The highest BCUT2D eigenvalue weighted by atomic mass is 32.2. The van der Waals surface area contributed by atoms with Crippen molar-refractivity contribution in [3.8, 4) is 11.4 Å². The number of carbonyl (C=O) groups is 2. The SMILES string of the molecule is CCOc1ccc(NCc2nnc(SCCC(=O)Nc3ccc(C(C)=O)cc3)n2-c2ccccc2)cc1. The van der Waals surface area contributed by atoms with Gasteiger partial charge in [0.25, 0.3) is 0 Å². The number of hydrogen-bond acceptors (Lipinski definition) is 7. The molecular weight excluding hydrogens is 486 g/mol. The minimum absolute atomic E-state index is 0.00847. The number of Topliss-reactive ketones (excluding diaryl/α,β-unsaturated/α-hetero) is 1. The van der Waals surface area contributed by atoms with Crippen molar-refractivity contribution in [1.29, 1.82) is 0 Å². The summed E-state index contributed by atoms with van der Waals surface area (Å²) in [4.78, 5) is 23.9. The first kappa shape index (κ1) is 26.0. The van der Waals surface area contributed by atoms with E-state index in [-0.39, 0.29) is 11.7 Å². The monoisotopic (exact) mass is 515 g/mol. The molecule has 0 aliphatic carbocycles. The first-order valence-corrected chi connectivity index (χ1v) is 13.0. The Hall–Kier alpha value is -4.11. The Labute approximate surface area is 220 Å². The molecule has 0 saturated heterocycles. The number of benzene rings is 3. The predicted octanol–water partition coefficient (Wildman–Crippen LogP) is 5.60. The molecule has 1 heterocycles. The Kier molecular flexibility index (Phi) is 8.93. The molecule has 4 rings (SSSR count). The third kappa shape index (κ3) is 7.20. The average molecular weight is 516 g/mol. The van der Waals surface area contributed by atoms with E-state index in [1.807, 2.05) is 66.1 Å². The molecule has 0 saturated carbocycles. The van der Waals surface area contributed by atoms with Crippen molar-refractivity contribution in [3.05, 3.63) is 90.3 Å². The lowest BCUT2D eigenvalue weighted by Crippen LogP contribution is -2.12. The first-order chi connectivity index (χ1) is 18.0. The number of para-hydroxylation sites is 1. The van der Waals surface area contributed by atoms with Crippen molar-refractivity contribution in [1.82, 2.24) is 14.8 Å². The molecule has 0 atom stereocenters. The fraction of sp³-hybridized carbons (Fsp3) is 0.214. The summed E-state index contributed by atoms with van der Waals surface area (Å²) in [5, 5.41) is 15.8. The highest BCUT2D eigenvalue weighted by Crippen LogP contribution is 2.24. The van der Waals surface area contributed by atoms with E-state index in [4.69, 9.17) is 4.74 Å². The van der Waals surface area contributed by atoms with Crippen LogP contribution >= 0.6 is 11.8 Å². The van der Waals surface area contributed by atoms with Crippen molar-refractivity contribution in [2.75, 3.05) is 23.0 Å². The van der Waals surface area contributed by atoms with Crippen LogP contribution in [0.25, 0.3) is 5.69 Å². The van der Waals surface area contributed by atoms with Gasteiger partial charge in [-0.15, -0.1) is 10.2 Å². The molecule has 9 heteroatoms. The van der Waals surface area contributed by atoms with E-state index in [0.717, 1.165) is 22.9 Å². The molecule has 0 aliphatic rings. The standard InChI is InChI=1S/C28H29N5O3S/c1-3-36-25-15-13-22(14-16-25)29-19-26-31-32-28(33(26)24-7-5-4-6-8-24)37-18-17-27(35)30-23-11-9-21(10-12-23)20(2)34/h4-16,29H,3,17-19H2,1-2H3,(H,30,35). The molecule has 0 aliphatic heterocycles. The van der Waals surface area contributed by atoms with E-state index in [1.54, 1.807) is 24.3 Å². The lowest BCUT2D eigenvalue weighted by molar-refractivity contribution is -0.115. The quantitative estimate of drug-likeness (QED) is 0.187. The van der Waals surface area contributed by atoms with Crippen LogP contribution < -0.4 is 15.4 Å². The van der Waals surface area contributed by atoms with Crippen LogP contribution in [0.5, 0.6) is 5.75 Å². The lowest BCUT2D eigenvalue weighted by atomic mass is 10.1. The zero-order chi connectivity index (χ0) is 26.0. The van der Waals surface area contributed by atoms with E-state index in [0.29, 0.717) is 41.7 Å². The van der Waals surface area contributed by atoms with Crippen LogP contribution in [-0.4, -0.2) is 38.8 Å². The second-order valence-electron chi connectivity index (χ2n) is 8.16. The van der Waals surface area contributed by atoms with Gasteiger partial charge in [0.2, 0.25) is 5.91 Å². The molecule has 2 N–H and O–H groups in total. The lowest BCUT2D eigenvalue weighted by Gasteiger charge is -2.12. The van der Waals surface area contributed by atoms with Gasteiger partial charge in [0.15, 0.2) is 16.8 Å². The average Bonchev–Trinajstić information content (AvgIpc) is 3.32. The number of ether oxygens (including phenoxy) is 1. The summed E-state index contributed by atoms with van der Waals surface area (Å²) < 4.78 is 7.51. The summed E-state index contributed by atoms with van der Waals surface area (Å²) >= 11 is 1.48. The topological polar surface area (TPSA) is 98.1 Å². The molecule has 0 radical (unpaired) electrons. The van der Waals surface area contributed by atoms with Crippen LogP contribution in [-0.2, 0) is 11.3 Å². The molecule has 37 heavy (non-hydrogen) atoms. The second-order valence-corrected chi connectivity index (χ2v) is 9.22. The zero-order valence-electron chi connectivity index (χ0n) is 20.8. The van der Waals surface area contributed by atoms with Crippen LogP contribution in [0.15, 0.2) is 84.0 Å². The summed E-state index contributed by atoms with van der Waals surface area (Å²) in [6, 6.07) is 24.6. The van der Waals surface area contributed by atoms with Crippen molar-refractivity contribution < 1.29 is 14.3 Å². The highest BCUT2D eigenvalue weighted by molar-refractivity contribution is 7.99. The zero-order valence-corrected chi connectivity index (χ0v) is 21.6. The maximum atomic E-state index is 12.5. The van der Waals surface area contributed by atoms with Crippen molar-refractivity contribution in [2.45, 2.75) is 32.0 Å². The number of rotatable bonds is 12. The molecular formula is C28H29N5O3S. The molecule has 8 nitrogen and oxygen atoms in total. The van der Waals surface area contributed by atoms with Gasteiger partial charge in [-0.1, -0.05) is 30.0 Å². The van der Waals surface area contributed by atoms with Crippen molar-refractivity contribution in [3.63, 3.8) is 0 Å². The Balaban J connectivity index is 1.39. The summed E-state index contributed by atoms with van der Waals surface area (Å²) in [6.45, 7) is 4.58. The summed E-state index contributed by atoms with van der Waals surface area (Å²) in [5.41, 5.74) is 3.18. The predicted molar refractivity (Wildman–Crippen MR) is 147 cm³/mol. The first-order valence-electron chi connectivity index (χ1n) is 12.0. The highest BCUT2D eigenvalue weighted by Gasteiger charge is 2.15. The molecule has 3 aromatic carbocycles. The Morgan fingerprint density at radius 2 is 1.62 bits per heavy atom. The van der Waals surface area contributed by atoms with E-state index in [1.165, 1.54) is 18.7 Å². The van der Waals surface area contributed by atoms with Crippen LogP contribution in [0.2, 0.25) is 0 Å². The Morgan fingerprint density at radius 3 is 2.30 bits per heavy atom. The number of thioether (sulfide) groups is 1. The van der Waals surface area contributed by atoms with Gasteiger partial charge in [0.1, 0.15) is 5.75 Å². The molecule has 0 fully saturated rings. The number of carbonyl (C=O) groups excluding carboxylic acids is 2. The van der Waals surface area contributed by atoms with Gasteiger partial charge < -0.3 is 15.4 Å². The number of hydrogen-bond donors (Lipinski definition) is 2. The molecule has 4 aromatic rings. The van der Waals surface area contributed by atoms with Crippen LogP contribution in [0.1, 0.15) is 36.5 Å². The summed E-state index contributed by atoms with van der Waals surface area (Å²) in [6.07, 6.45) is 0.306. The smallest absolute Gasteiger partial charge is 0.225 e. The van der Waals surface area contributed by atoms with Crippen LogP contribution in [0.4, 0.5) is 11.4 Å². The van der Waals surface area contributed by atoms with Gasteiger partial charge in [-0.3, -0.25) is 14.2 Å². The summed E-state index contributed by atoms with van der Waals surface area (Å²) in [5.74, 6) is 2.01. The van der Waals surface area contributed by atoms with Gasteiger partial charge in [0, 0.05) is 34.8 Å². The summed E-state index contributed by atoms with van der Waals surface area (Å²) in [7, 11) is 0. The molecule has 0 unspecified atom stereocenters. The molecule has 0 bridgehead atoms. The van der Waals surface area contributed by atoms with Gasteiger partial charge in [-0.25, -0.2) is 0 Å². The normalized spacial score (nSPS) is 10.6. The fourth-order valence-corrected chi connectivity index (χ4v) is 4.52. The number of aromatic nitrogens is 3. The van der Waals surface area contributed by atoms with Crippen LogP contribution in [0, 0.1) is 0 Å². The number of nitrogens with one attached hydrogen (secondary N) is 2. The van der Waals surface area contributed by atoms with E-state index in [2.05, 4.69) is 20.8 Å². The molecule has 1 amide bonds. The van der Waals surface area contributed by atoms with Gasteiger partial charge >= 0.3 is 0 Å². The fourth-order valence-electron chi connectivity index (χ4n) is 3.61.